The zero-order chi connectivity index (χ0) is 18.2. The van der Waals surface area contributed by atoms with Gasteiger partial charge in [0.15, 0.2) is 5.96 Å². The molecule has 5 heteroatoms. The van der Waals surface area contributed by atoms with E-state index in [1.165, 1.54) is 19.3 Å². The molecule has 2 aromatic rings. The van der Waals surface area contributed by atoms with E-state index in [0.717, 1.165) is 35.6 Å². The van der Waals surface area contributed by atoms with Crippen LogP contribution in [0, 0.1) is 0 Å². The summed E-state index contributed by atoms with van der Waals surface area (Å²) in [5, 5.41) is 3.08. The molecule has 138 valence electrons. The summed E-state index contributed by atoms with van der Waals surface area (Å²) >= 11 is 0. The Labute approximate surface area is 155 Å². The monoisotopic (exact) mass is 353 g/mol. The van der Waals surface area contributed by atoms with Gasteiger partial charge in [-0.05, 0) is 55.5 Å². The van der Waals surface area contributed by atoms with Gasteiger partial charge >= 0.3 is 0 Å². The van der Waals surface area contributed by atoms with E-state index >= 15 is 0 Å². The quantitative estimate of drug-likeness (QED) is 0.599. The predicted octanol–water partition coefficient (Wildman–Crippen LogP) is 4.33. The molecule has 0 radical (unpaired) electrons. The van der Waals surface area contributed by atoms with Crippen molar-refractivity contribution >= 4 is 11.6 Å². The van der Waals surface area contributed by atoms with Gasteiger partial charge in [-0.25, -0.2) is 4.99 Å². The maximum Gasteiger partial charge on any atom is 0.193 e. The first-order valence-corrected chi connectivity index (χ1v) is 9.20. The number of benzene rings is 2. The van der Waals surface area contributed by atoms with E-state index in [-0.39, 0.29) is 0 Å². The molecular weight excluding hydrogens is 326 g/mol. The molecule has 3 N–H and O–H groups in total. The molecule has 0 aromatic heterocycles. The van der Waals surface area contributed by atoms with Gasteiger partial charge in [0.05, 0.1) is 25.4 Å². The van der Waals surface area contributed by atoms with Crippen LogP contribution in [0.1, 0.15) is 37.7 Å². The fourth-order valence-electron chi connectivity index (χ4n) is 3.15. The third kappa shape index (κ3) is 5.15. The number of hydrogen-bond acceptors (Lipinski definition) is 3. The first-order chi connectivity index (χ1) is 12.7. The van der Waals surface area contributed by atoms with Crippen molar-refractivity contribution in [1.82, 2.24) is 0 Å². The molecule has 0 aliphatic heterocycles. The second-order valence-electron chi connectivity index (χ2n) is 6.55. The van der Waals surface area contributed by atoms with E-state index in [9.17, 15) is 0 Å². The molecule has 2 aromatic carbocycles. The molecule has 1 saturated carbocycles. The molecule has 0 heterocycles. The summed E-state index contributed by atoms with van der Waals surface area (Å²) < 4.78 is 11.4. The minimum absolute atomic E-state index is 0.358. The summed E-state index contributed by atoms with van der Waals surface area (Å²) in [4.78, 5) is 4.40. The van der Waals surface area contributed by atoms with Crippen LogP contribution >= 0.6 is 0 Å². The molecule has 0 saturated heterocycles. The lowest BCUT2D eigenvalue weighted by molar-refractivity contribution is 0.155. The number of anilines is 1. The lowest BCUT2D eigenvalue weighted by Gasteiger charge is -2.23. The molecule has 0 amide bonds. The van der Waals surface area contributed by atoms with Crippen molar-refractivity contribution in [3.05, 3.63) is 54.1 Å². The van der Waals surface area contributed by atoms with Crippen LogP contribution in [0.3, 0.4) is 0 Å². The van der Waals surface area contributed by atoms with Crippen molar-refractivity contribution in [3.63, 3.8) is 0 Å². The number of guanidine groups is 1. The van der Waals surface area contributed by atoms with Crippen molar-refractivity contribution in [2.75, 3.05) is 12.4 Å². The Hall–Kier alpha value is -2.69. The van der Waals surface area contributed by atoms with Crippen LogP contribution in [0.2, 0.25) is 0 Å². The summed E-state index contributed by atoms with van der Waals surface area (Å²) in [6.07, 6.45) is 6.58. The topological polar surface area (TPSA) is 68.9 Å². The molecule has 5 nitrogen and oxygen atoms in total. The highest BCUT2D eigenvalue weighted by atomic mass is 16.5. The number of para-hydroxylation sites is 2. The Morgan fingerprint density at radius 3 is 2.54 bits per heavy atom. The van der Waals surface area contributed by atoms with Crippen molar-refractivity contribution in [1.29, 1.82) is 0 Å². The molecule has 1 aliphatic rings. The molecule has 0 atom stereocenters. The minimum Gasteiger partial charge on any atom is -0.495 e. The lowest BCUT2D eigenvalue weighted by atomic mass is 9.98. The summed E-state index contributed by atoms with van der Waals surface area (Å²) in [5.41, 5.74) is 7.88. The molecule has 3 rings (SSSR count). The van der Waals surface area contributed by atoms with Gasteiger partial charge in [-0.2, -0.15) is 0 Å². The van der Waals surface area contributed by atoms with Crippen LogP contribution in [0.4, 0.5) is 5.69 Å². The van der Waals surface area contributed by atoms with E-state index < -0.39 is 0 Å². The number of hydrogen-bond donors (Lipinski definition) is 2. The highest BCUT2D eigenvalue weighted by Gasteiger charge is 2.14. The molecule has 0 unspecified atom stereocenters. The van der Waals surface area contributed by atoms with Crippen molar-refractivity contribution < 1.29 is 9.47 Å². The molecule has 26 heavy (non-hydrogen) atoms. The number of nitrogens with two attached hydrogens (primary N) is 1. The van der Waals surface area contributed by atoms with Gasteiger partial charge in [0.2, 0.25) is 0 Å². The number of nitrogens with zero attached hydrogens (tertiary/aromatic N) is 1. The van der Waals surface area contributed by atoms with E-state index in [0.29, 0.717) is 18.6 Å². The standard InChI is InChI=1S/C21H27N3O2/c1-25-20-10-6-5-9-19(20)24-21(22)23-15-16-11-13-18(14-12-16)26-17-7-3-2-4-8-17/h5-6,9-14,17H,2-4,7-8,15H2,1H3,(H3,22,23,24). The average Bonchev–Trinajstić information content (AvgIpc) is 2.69. The van der Waals surface area contributed by atoms with E-state index in [1.54, 1.807) is 7.11 Å². The number of methoxy groups -OCH3 is 1. The number of aliphatic imine (C=N–C) groups is 1. The fraction of sp³-hybridized carbons (Fsp3) is 0.381. The summed E-state index contributed by atoms with van der Waals surface area (Å²) in [6.45, 7) is 0.512. The smallest absolute Gasteiger partial charge is 0.193 e. The Kier molecular flexibility index (Phi) is 6.36. The Morgan fingerprint density at radius 1 is 1.08 bits per heavy atom. The molecule has 1 aliphatic carbocycles. The van der Waals surface area contributed by atoms with Gasteiger partial charge in [0.1, 0.15) is 11.5 Å². The second kappa shape index (κ2) is 9.13. The van der Waals surface area contributed by atoms with Gasteiger partial charge in [-0.3, -0.25) is 0 Å². The highest BCUT2D eigenvalue weighted by molar-refractivity contribution is 5.93. The SMILES string of the molecule is COc1ccccc1NC(N)=NCc1ccc(OC2CCCCC2)cc1. The summed E-state index contributed by atoms with van der Waals surface area (Å²) in [7, 11) is 1.63. The van der Waals surface area contributed by atoms with Crippen molar-refractivity contribution in [3.8, 4) is 11.5 Å². The van der Waals surface area contributed by atoms with Gasteiger partial charge in [-0.1, -0.05) is 30.7 Å². The Bertz CT molecular complexity index is 722. The van der Waals surface area contributed by atoms with Gasteiger partial charge < -0.3 is 20.5 Å². The normalized spacial score (nSPS) is 15.5. The molecule has 0 spiro atoms. The average molecular weight is 353 g/mol. The Morgan fingerprint density at radius 2 is 1.81 bits per heavy atom. The van der Waals surface area contributed by atoms with Crippen LogP contribution in [0.25, 0.3) is 0 Å². The van der Waals surface area contributed by atoms with Gasteiger partial charge in [0, 0.05) is 0 Å². The summed E-state index contributed by atoms with van der Waals surface area (Å²) in [5.74, 6) is 2.02. The fourth-order valence-corrected chi connectivity index (χ4v) is 3.15. The maximum atomic E-state index is 6.05. The van der Waals surface area contributed by atoms with Crippen LogP contribution in [-0.2, 0) is 6.54 Å². The second-order valence-corrected chi connectivity index (χ2v) is 6.55. The Balaban J connectivity index is 1.54. The first-order valence-electron chi connectivity index (χ1n) is 9.20. The third-order valence-electron chi connectivity index (χ3n) is 4.58. The van der Waals surface area contributed by atoms with Crippen LogP contribution in [-0.4, -0.2) is 19.2 Å². The minimum atomic E-state index is 0.358. The van der Waals surface area contributed by atoms with Gasteiger partial charge in [0.25, 0.3) is 0 Å². The number of ether oxygens (including phenoxy) is 2. The zero-order valence-corrected chi connectivity index (χ0v) is 15.3. The van der Waals surface area contributed by atoms with Gasteiger partial charge in [-0.15, -0.1) is 0 Å². The van der Waals surface area contributed by atoms with Crippen LogP contribution < -0.4 is 20.5 Å². The molecule has 0 bridgehead atoms. The highest BCUT2D eigenvalue weighted by Crippen LogP contribution is 2.24. The molecule has 1 fully saturated rings. The first kappa shape index (κ1) is 18.1. The largest absolute Gasteiger partial charge is 0.495 e. The van der Waals surface area contributed by atoms with E-state index in [2.05, 4.69) is 10.3 Å². The van der Waals surface area contributed by atoms with E-state index in [4.69, 9.17) is 15.2 Å². The van der Waals surface area contributed by atoms with Crippen molar-refractivity contribution in [2.24, 2.45) is 10.7 Å². The molecular formula is C21H27N3O2. The lowest BCUT2D eigenvalue weighted by Crippen LogP contribution is -2.22. The number of nitrogens with one attached hydrogen (secondary N) is 1. The van der Waals surface area contributed by atoms with Crippen LogP contribution in [0.5, 0.6) is 11.5 Å². The van der Waals surface area contributed by atoms with Crippen LogP contribution in [0.15, 0.2) is 53.5 Å². The van der Waals surface area contributed by atoms with E-state index in [1.807, 2.05) is 48.5 Å². The third-order valence-corrected chi connectivity index (χ3v) is 4.58. The number of rotatable bonds is 6. The van der Waals surface area contributed by atoms with Crippen molar-refractivity contribution in [2.45, 2.75) is 44.8 Å². The maximum absolute atomic E-state index is 6.05. The summed E-state index contributed by atoms with van der Waals surface area (Å²) in [6, 6.07) is 15.7. The predicted molar refractivity (Wildman–Crippen MR) is 106 cm³/mol. The zero-order valence-electron chi connectivity index (χ0n) is 15.3.